The van der Waals surface area contributed by atoms with E-state index in [0.29, 0.717) is 18.7 Å². The predicted molar refractivity (Wildman–Crippen MR) is 86.6 cm³/mol. The van der Waals surface area contributed by atoms with Crippen molar-refractivity contribution < 1.29 is 14.7 Å². The van der Waals surface area contributed by atoms with Gasteiger partial charge in [-0.05, 0) is 19.8 Å². The quantitative estimate of drug-likeness (QED) is 0.879. The van der Waals surface area contributed by atoms with Gasteiger partial charge in [0.05, 0.1) is 22.7 Å². The van der Waals surface area contributed by atoms with Crippen LogP contribution in [-0.2, 0) is 4.79 Å². The number of hydrogen-bond donors (Lipinski definition) is 2. The molecule has 1 aliphatic rings. The zero-order valence-corrected chi connectivity index (χ0v) is 14.4. The molecule has 0 aliphatic heterocycles. The Balaban J connectivity index is 2.27. The number of nitrogens with one attached hydrogen (secondary N) is 1. The number of carboxylic acid groups (broad SMARTS) is 1. The average Bonchev–Trinajstić information content (AvgIpc) is 2.46. The van der Waals surface area contributed by atoms with Gasteiger partial charge in [-0.2, -0.15) is 0 Å². The van der Waals surface area contributed by atoms with Crippen LogP contribution in [0.1, 0.15) is 68.7 Å². The van der Waals surface area contributed by atoms with Crippen molar-refractivity contribution in [1.82, 2.24) is 15.3 Å². The molecule has 0 bridgehead atoms. The van der Waals surface area contributed by atoms with Crippen molar-refractivity contribution in [2.24, 2.45) is 5.92 Å². The largest absolute Gasteiger partial charge is 0.481 e. The standard InChI is InChI=1S/C16H22ClN3O3/c1-9(2)13-18-8-11(17)12(19-13)14(21)20-16(3)7-5-4-6-10(16)15(22)23/h8-10H,4-7H2,1-3H3,(H,20,21)(H,22,23). The van der Waals surface area contributed by atoms with E-state index in [-0.39, 0.29) is 16.6 Å². The van der Waals surface area contributed by atoms with E-state index in [1.807, 2.05) is 13.8 Å². The maximum atomic E-state index is 12.6. The molecule has 7 heteroatoms. The van der Waals surface area contributed by atoms with E-state index in [9.17, 15) is 14.7 Å². The van der Waals surface area contributed by atoms with E-state index in [4.69, 9.17) is 11.6 Å². The van der Waals surface area contributed by atoms with Crippen molar-refractivity contribution >= 4 is 23.5 Å². The summed E-state index contributed by atoms with van der Waals surface area (Å²) in [5.41, 5.74) is -0.700. The lowest BCUT2D eigenvalue weighted by Gasteiger charge is -2.39. The number of aliphatic carboxylic acids is 1. The van der Waals surface area contributed by atoms with E-state index in [2.05, 4.69) is 15.3 Å². The summed E-state index contributed by atoms with van der Waals surface area (Å²) in [6.07, 6.45) is 4.33. The monoisotopic (exact) mass is 339 g/mol. The molecule has 1 aliphatic carbocycles. The van der Waals surface area contributed by atoms with Gasteiger partial charge in [-0.25, -0.2) is 9.97 Å². The Hall–Kier alpha value is -1.69. The normalized spacial score (nSPS) is 24.5. The Morgan fingerprint density at radius 3 is 2.74 bits per heavy atom. The average molecular weight is 340 g/mol. The highest BCUT2D eigenvalue weighted by Gasteiger charge is 2.42. The molecule has 1 saturated carbocycles. The zero-order valence-electron chi connectivity index (χ0n) is 13.6. The smallest absolute Gasteiger partial charge is 0.308 e. The third-order valence-electron chi connectivity index (χ3n) is 4.40. The molecule has 0 radical (unpaired) electrons. The van der Waals surface area contributed by atoms with Crippen molar-refractivity contribution in [1.29, 1.82) is 0 Å². The van der Waals surface area contributed by atoms with Crippen molar-refractivity contribution in [2.45, 2.75) is 57.9 Å². The molecule has 0 spiro atoms. The van der Waals surface area contributed by atoms with Crippen LogP contribution in [0.4, 0.5) is 0 Å². The number of nitrogens with zero attached hydrogens (tertiary/aromatic N) is 2. The van der Waals surface area contributed by atoms with Crippen molar-refractivity contribution in [3.8, 4) is 0 Å². The first-order chi connectivity index (χ1) is 10.7. The lowest BCUT2D eigenvalue weighted by atomic mass is 9.74. The highest BCUT2D eigenvalue weighted by atomic mass is 35.5. The van der Waals surface area contributed by atoms with Gasteiger partial charge in [0.15, 0.2) is 0 Å². The molecule has 1 aromatic heterocycles. The second-order valence-electron chi connectivity index (χ2n) is 6.59. The number of carboxylic acids is 1. The zero-order chi connectivity index (χ0) is 17.2. The molecule has 0 saturated heterocycles. The lowest BCUT2D eigenvalue weighted by Crippen LogP contribution is -2.55. The molecule has 2 atom stereocenters. The van der Waals surface area contributed by atoms with Crippen LogP contribution in [0.5, 0.6) is 0 Å². The molecule has 1 heterocycles. The Morgan fingerprint density at radius 1 is 1.43 bits per heavy atom. The van der Waals surface area contributed by atoms with Crippen LogP contribution >= 0.6 is 11.6 Å². The minimum atomic E-state index is -0.885. The third-order valence-corrected chi connectivity index (χ3v) is 4.68. The van der Waals surface area contributed by atoms with Crippen molar-refractivity contribution in [3.63, 3.8) is 0 Å². The van der Waals surface area contributed by atoms with E-state index in [0.717, 1.165) is 12.8 Å². The van der Waals surface area contributed by atoms with Gasteiger partial charge in [0, 0.05) is 5.92 Å². The summed E-state index contributed by atoms with van der Waals surface area (Å²) < 4.78 is 0. The van der Waals surface area contributed by atoms with Gasteiger partial charge in [0.1, 0.15) is 11.5 Å². The first-order valence-electron chi connectivity index (χ1n) is 7.82. The van der Waals surface area contributed by atoms with Crippen LogP contribution in [0, 0.1) is 5.92 Å². The van der Waals surface area contributed by atoms with Gasteiger partial charge in [-0.1, -0.05) is 38.3 Å². The number of carbonyl (C=O) groups excluding carboxylic acids is 1. The summed E-state index contributed by atoms with van der Waals surface area (Å²) in [7, 11) is 0. The molecule has 2 unspecified atom stereocenters. The topological polar surface area (TPSA) is 92.2 Å². The molecule has 1 aromatic rings. The Kier molecular flexibility index (Phi) is 5.24. The molecular weight excluding hydrogens is 318 g/mol. The van der Waals surface area contributed by atoms with E-state index >= 15 is 0 Å². The van der Waals surface area contributed by atoms with Crippen LogP contribution in [0.15, 0.2) is 6.20 Å². The number of rotatable bonds is 4. The molecule has 6 nitrogen and oxygen atoms in total. The highest BCUT2D eigenvalue weighted by Crippen LogP contribution is 2.34. The Bertz CT molecular complexity index is 621. The summed E-state index contributed by atoms with van der Waals surface area (Å²) in [4.78, 5) is 32.4. The van der Waals surface area contributed by atoms with Crippen molar-refractivity contribution in [2.75, 3.05) is 0 Å². The molecule has 126 valence electrons. The highest BCUT2D eigenvalue weighted by molar-refractivity contribution is 6.33. The van der Waals surface area contributed by atoms with Crippen LogP contribution in [-0.4, -0.2) is 32.5 Å². The van der Waals surface area contributed by atoms with Crippen LogP contribution < -0.4 is 5.32 Å². The number of carbonyl (C=O) groups is 2. The summed E-state index contributed by atoms with van der Waals surface area (Å²) in [6.45, 7) is 5.63. The minimum absolute atomic E-state index is 0.0656. The van der Waals surface area contributed by atoms with Crippen LogP contribution in [0.3, 0.4) is 0 Å². The number of halogens is 1. The molecule has 2 rings (SSSR count). The Morgan fingerprint density at radius 2 is 2.13 bits per heavy atom. The lowest BCUT2D eigenvalue weighted by molar-refractivity contribution is -0.145. The van der Waals surface area contributed by atoms with E-state index in [1.54, 1.807) is 6.92 Å². The van der Waals surface area contributed by atoms with E-state index < -0.39 is 23.3 Å². The van der Waals surface area contributed by atoms with Crippen molar-refractivity contribution in [3.05, 3.63) is 22.7 Å². The van der Waals surface area contributed by atoms with Gasteiger partial charge in [-0.3, -0.25) is 9.59 Å². The first kappa shape index (κ1) is 17.7. The number of aromatic nitrogens is 2. The predicted octanol–water partition coefficient (Wildman–Crippen LogP) is 3.02. The molecule has 23 heavy (non-hydrogen) atoms. The fourth-order valence-corrected chi connectivity index (χ4v) is 3.19. The Labute approximate surface area is 140 Å². The molecule has 1 fully saturated rings. The summed E-state index contributed by atoms with van der Waals surface area (Å²) in [6, 6.07) is 0. The fraction of sp³-hybridized carbons (Fsp3) is 0.625. The van der Waals surface area contributed by atoms with Crippen LogP contribution in [0.25, 0.3) is 0 Å². The third kappa shape index (κ3) is 3.80. The summed E-state index contributed by atoms with van der Waals surface area (Å²) in [5, 5.41) is 12.4. The fourth-order valence-electron chi connectivity index (χ4n) is 3.02. The first-order valence-corrected chi connectivity index (χ1v) is 8.20. The molecule has 2 N–H and O–H groups in total. The summed E-state index contributed by atoms with van der Waals surface area (Å²) >= 11 is 6.06. The van der Waals surface area contributed by atoms with Gasteiger partial charge in [0.25, 0.3) is 5.91 Å². The van der Waals surface area contributed by atoms with E-state index in [1.165, 1.54) is 6.20 Å². The maximum Gasteiger partial charge on any atom is 0.308 e. The summed E-state index contributed by atoms with van der Waals surface area (Å²) in [5.74, 6) is -1.34. The maximum absolute atomic E-state index is 12.6. The second-order valence-corrected chi connectivity index (χ2v) is 6.99. The van der Waals surface area contributed by atoms with Gasteiger partial charge < -0.3 is 10.4 Å². The van der Waals surface area contributed by atoms with Crippen LogP contribution in [0.2, 0.25) is 5.02 Å². The SMILES string of the molecule is CC(C)c1ncc(Cl)c(C(=O)NC2(C)CCCCC2C(=O)O)n1. The molecule has 0 aromatic carbocycles. The van der Waals surface area contributed by atoms with Gasteiger partial charge in [0.2, 0.25) is 0 Å². The molecule has 1 amide bonds. The minimum Gasteiger partial charge on any atom is -0.481 e. The van der Waals surface area contributed by atoms with Gasteiger partial charge in [-0.15, -0.1) is 0 Å². The molecular formula is C16H22ClN3O3. The second kappa shape index (κ2) is 6.83. The number of amides is 1. The van der Waals surface area contributed by atoms with Gasteiger partial charge >= 0.3 is 5.97 Å². The number of hydrogen-bond acceptors (Lipinski definition) is 4.